The van der Waals surface area contributed by atoms with Crippen LogP contribution in [0.3, 0.4) is 0 Å². The number of methoxy groups -OCH3 is 1. The summed E-state index contributed by atoms with van der Waals surface area (Å²) in [5.41, 5.74) is 7.58. The number of rotatable bonds is 12. The van der Waals surface area contributed by atoms with Gasteiger partial charge in [0.05, 0.1) is 7.11 Å². The summed E-state index contributed by atoms with van der Waals surface area (Å²) in [6.07, 6.45) is 4.87. The van der Waals surface area contributed by atoms with E-state index in [0.29, 0.717) is 26.1 Å². The van der Waals surface area contributed by atoms with Crippen LogP contribution in [0.2, 0.25) is 0 Å². The highest BCUT2D eigenvalue weighted by atomic mass is 16.5. The SMILES string of the molecule is CCc1ccc(CN(C(=O)C=Cc2ccc(OC)c(C)c2C)[C@@H](Cc2ccccc2)C(=O)N2CCN(Cc3ccccc3)CC2)cc1. The van der Waals surface area contributed by atoms with Crippen molar-refractivity contribution in [1.29, 1.82) is 0 Å². The molecule has 1 atom stereocenters. The normalized spacial score (nSPS) is 14.3. The highest BCUT2D eigenvalue weighted by Gasteiger charge is 2.34. The third-order valence-corrected chi connectivity index (χ3v) is 9.34. The number of piperazine rings is 1. The van der Waals surface area contributed by atoms with Crippen LogP contribution in [0.4, 0.5) is 0 Å². The third kappa shape index (κ3) is 8.78. The van der Waals surface area contributed by atoms with E-state index in [9.17, 15) is 9.59 Å². The minimum absolute atomic E-state index is 0.00313. The molecule has 0 unspecified atom stereocenters. The van der Waals surface area contributed by atoms with Crippen LogP contribution >= 0.6 is 0 Å². The molecule has 2 amide bonds. The molecule has 4 aromatic rings. The molecule has 6 heteroatoms. The van der Waals surface area contributed by atoms with Crippen LogP contribution in [0.5, 0.6) is 5.75 Å². The fraction of sp³-hybridized carbons (Fsp3) is 0.317. The first-order chi connectivity index (χ1) is 22.9. The van der Waals surface area contributed by atoms with Gasteiger partial charge in [0.15, 0.2) is 0 Å². The Morgan fingerprint density at radius 2 is 1.38 bits per heavy atom. The standard InChI is InChI=1S/C41H47N3O3/c1-5-33-16-18-36(19-17-33)30-44(40(45)23-21-37-20-22-39(47-4)32(3)31(37)2)38(28-34-12-8-6-9-13-34)41(46)43-26-24-42(25-27-43)29-35-14-10-7-11-15-35/h6-23,38H,5,24-30H2,1-4H3/t38-/m0/s1. The Hall–Kier alpha value is -4.68. The van der Waals surface area contributed by atoms with E-state index >= 15 is 0 Å². The van der Waals surface area contributed by atoms with Crippen molar-refractivity contribution in [2.24, 2.45) is 0 Å². The maximum Gasteiger partial charge on any atom is 0.247 e. The average Bonchev–Trinajstić information content (AvgIpc) is 3.11. The lowest BCUT2D eigenvalue weighted by Crippen LogP contribution is -2.56. The van der Waals surface area contributed by atoms with E-state index in [4.69, 9.17) is 4.74 Å². The highest BCUT2D eigenvalue weighted by molar-refractivity contribution is 5.96. The van der Waals surface area contributed by atoms with Crippen molar-refractivity contribution in [3.8, 4) is 5.75 Å². The molecule has 1 fully saturated rings. The predicted octanol–water partition coefficient (Wildman–Crippen LogP) is 6.87. The Balaban J connectivity index is 1.43. The fourth-order valence-electron chi connectivity index (χ4n) is 6.24. The topological polar surface area (TPSA) is 53.1 Å². The van der Waals surface area contributed by atoms with Crippen LogP contribution in [0.15, 0.2) is 103 Å². The van der Waals surface area contributed by atoms with Gasteiger partial charge < -0.3 is 14.5 Å². The van der Waals surface area contributed by atoms with Gasteiger partial charge in [-0.15, -0.1) is 0 Å². The van der Waals surface area contributed by atoms with Crippen molar-refractivity contribution in [1.82, 2.24) is 14.7 Å². The Bertz CT molecular complexity index is 1640. The Morgan fingerprint density at radius 3 is 2.00 bits per heavy atom. The molecule has 1 heterocycles. The van der Waals surface area contributed by atoms with Crippen molar-refractivity contribution in [2.75, 3.05) is 33.3 Å². The molecular weight excluding hydrogens is 582 g/mol. The second kappa shape index (κ2) is 16.2. The van der Waals surface area contributed by atoms with Gasteiger partial charge in [-0.1, -0.05) is 97.9 Å². The van der Waals surface area contributed by atoms with Gasteiger partial charge in [0.25, 0.3) is 0 Å². The molecule has 0 bridgehead atoms. The lowest BCUT2D eigenvalue weighted by atomic mass is 10.00. The minimum atomic E-state index is -0.653. The van der Waals surface area contributed by atoms with Crippen LogP contribution < -0.4 is 4.74 Å². The van der Waals surface area contributed by atoms with Crippen molar-refractivity contribution in [3.05, 3.63) is 142 Å². The Kier molecular flexibility index (Phi) is 11.6. The zero-order valence-corrected chi connectivity index (χ0v) is 28.2. The van der Waals surface area contributed by atoms with Gasteiger partial charge in [-0.2, -0.15) is 0 Å². The number of hydrogen-bond acceptors (Lipinski definition) is 4. The van der Waals surface area contributed by atoms with Gasteiger partial charge in [-0.05, 0) is 71.4 Å². The number of amides is 2. The second-order valence-corrected chi connectivity index (χ2v) is 12.4. The highest BCUT2D eigenvalue weighted by Crippen LogP contribution is 2.25. The molecule has 0 N–H and O–H groups in total. The summed E-state index contributed by atoms with van der Waals surface area (Å²) in [7, 11) is 1.67. The molecular formula is C41H47N3O3. The van der Waals surface area contributed by atoms with Gasteiger partial charge in [0.1, 0.15) is 11.8 Å². The Labute approximate surface area is 280 Å². The van der Waals surface area contributed by atoms with Crippen molar-refractivity contribution < 1.29 is 14.3 Å². The number of carbonyl (C=O) groups excluding carboxylic acids is 2. The molecule has 1 saturated heterocycles. The first kappa shape index (κ1) is 33.7. The average molecular weight is 630 g/mol. The molecule has 5 rings (SSSR count). The zero-order valence-electron chi connectivity index (χ0n) is 28.2. The van der Waals surface area contributed by atoms with Gasteiger partial charge in [-0.3, -0.25) is 14.5 Å². The number of nitrogens with zero attached hydrogens (tertiary/aromatic N) is 3. The predicted molar refractivity (Wildman–Crippen MR) is 190 cm³/mol. The van der Waals surface area contributed by atoms with Gasteiger partial charge >= 0.3 is 0 Å². The summed E-state index contributed by atoms with van der Waals surface area (Å²) in [4.78, 5) is 34.9. The lowest BCUT2D eigenvalue weighted by molar-refractivity contribution is -0.145. The Morgan fingerprint density at radius 1 is 0.766 bits per heavy atom. The summed E-state index contributed by atoms with van der Waals surface area (Å²) < 4.78 is 5.49. The van der Waals surface area contributed by atoms with E-state index in [1.807, 2.05) is 73.4 Å². The summed E-state index contributed by atoms with van der Waals surface area (Å²) in [5.74, 6) is 0.631. The molecule has 0 spiro atoms. The van der Waals surface area contributed by atoms with E-state index in [1.165, 1.54) is 11.1 Å². The molecule has 0 radical (unpaired) electrons. The summed E-state index contributed by atoms with van der Waals surface area (Å²) in [6.45, 7) is 10.2. The smallest absolute Gasteiger partial charge is 0.247 e. The molecule has 0 aromatic heterocycles. The first-order valence-corrected chi connectivity index (χ1v) is 16.7. The number of ether oxygens (including phenoxy) is 1. The number of carbonyl (C=O) groups is 2. The second-order valence-electron chi connectivity index (χ2n) is 12.4. The van der Waals surface area contributed by atoms with E-state index in [0.717, 1.165) is 59.6 Å². The maximum atomic E-state index is 14.5. The summed E-state index contributed by atoms with van der Waals surface area (Å²) >= 11 is 0. The van der Waals surface area contributed by atoms with Crippen LogP contribution in [-0.4, -0.2) is 65.8 Å². The van der Waals surface area contributed by atoms with Crippen LogP contribution in [0.1, 0.15) is 45.9 Å². The molecule has 0 aliphatic carbocycles. The van der Waals surface area contributed by atoms with E-state index in [-0.39, 0.29) is 11.8 Å². The summed E-state index contributed by atoms with van der Waals surface area (Å²) in [5, 5.41) is 0. The lowest BCUT2D eigenvalue weighted by Gasteiger charge is -2.39. The van der Waals surface area contributed by atoms with Crippen molar-refractivity contribution in [2.45, 2.75) is 52.7 Å². The molecule has 244 valence electrons. The van der Waals surface area contributed by atoms with E-state index < -0.39 is 6.04 Å². The fourth-order valence-corrected chi connectivity index (χ4v) is 6.24. The molecule has 47 heavy (non-hydrogen) atoms. The largest absolute Gasteiger partial charge is 0.496 e. The first-order valence-electron chi connectivity index (χ1n) is 16.7. The maximum absolute atomic E-state index is 14.5. The third-order valence-electron chi connectivity index (χ3n) is 9.34. The van der Waals surface area contributed by atoms with Crippen LogP contribution in [0, 0.1) is 13.8 Å². The molecule has 0 saturated carbocycles. The monoisotopic (exact) mass is 629 g/mol. The molecule has 1 aliphatic heterocycles. The quantitative estimate of drug-likeness (QED) is 0.161. The van der Waals surface area contributed by atoms with Crippen molar-refractivity contribution >= 4 is 17.9 Å². The van der Waals surface area contributed by atoms with Crippen LogP contribution in [-0.2, 0) is 35.5 Å². The molecule has 6 nitrogen and oxygen atoms in total. The molecule has 1 aliphatic rings. The summed E-state index contributed by atoms with van der Waals surface area (Å²) in [6, 6.07) is 32.1. The van der Waals surface area contributed by atoms with Gasteiger partial charge in [-0.25, -0.2) is 0 Å². The minimum Gasteiger partial charge on any atom is -0.496 e. The van der Waals surface area contributed by atoms with Gasteiger partial charge in [0, 0.05) is 51.8 Å². The van der Waals surface area contributed by atoms with Crippen molar-refractivity contribution in [3.63, 3.8) is 0 Å². The van der Waals surface area contributed by atoms with E-state index in [1.54, 1.807) is 18.1 Å². The number of hydrogen-bond donors (Lipinski definition) is 0. The number of aryl methyl sites for hydroxylation is 1. The van der Waals surface area contributed by atoms with Gasteiger partial charge in [0.2, 0.25) is 11.8 Å². The zero-order chi connectivity index (χ0) is 33.2. The van der Waals surface area contributed by atoms with Crippen LogP contribution in [0.25, 0.3) is 6.08 Å². The van der Waals surface area contributed by atoms with E-state index in [2.05, 4.69) is 60.4 Å². The number of benzene rings is 4. The molecule has 4 aromatic carbocycles.